The van der Waals surface area contributed by atoms with Crippen LogP contribution in [0.25, 0.3) is 0 Å². The monoisotopic (exact) mass is 456 g/mol. The van der Waals surface area contributed by atoms with Gasteiger partial charge in [-0.15, -0.1) is 5.10 Å². The zero-order valence-electron chi connectivity index (χ0n) is 16.5. The molecule has 0 aliphatic heterocycles. The number of anilines is 1. The van der Waals surface area contributed by atoms with Crippen LogP contribution in [0.1, 0.15) is 21.6 Å². The molecule has 0 unspecified atom stereocenters. The number of halogens is 2. The topological polar surface area (TPSA) is 86.9 Å². The van der Waals surface area contributed by atoms with Gasteiger partial charge in [-0.3, -0.25) is 10.1 Å². The number of nitrogens with one attached hydrogen (secondary N) is 1. The number of nitrogens with zero attached hydrogens (tertiary/aromatic N) is 5. The van der Waals surface area contributed by atoms with E-state index in [0.717, 1.165) is 11.1 Å². The zero-order chi connectivity index (χ0) is 21.8. The summed E-state index contributed by atoms with van der Waals surface area (Å²) >= 11 is 12.0. The molecular weight excluding hydrogens is 439 g/mol. The van der Waals surface area contributed by atoms with Gasteiger partial charge in [-0.25, -0.2) is 14.3 Å². The molecule has 1 amide bonds. The summed E-state index contributed by atoms with van der Waals surface area (Å²) in [6, 6.07) is 14.4. The fourth-order valence-corrected chi connectivity index (χ4v) is 3.15. The lowest BCUT2D eigenvalue weighted by molar-refractivity contribution is 0.101. The fourth-order valence-electron chi connectivity index (χ4n) is 2.82. The van der Waals surface area contributed by atoms with Crippen molar-refractivity contribution in [1.29, 1.82) is 0 Å². The lowest BCUT2D eigenvalue weighted by atomic mass is 10.2. The Labute approximate surface area is 188 Å². The van der Waals surface area contributed by atoms with E-state index in [1.54, 1.807) is 35.1 Å². The van der Waals surface area contributed by atoms with Crippen molar-refractivity contribution in [2.75, 3.05) is 5.32 Å². The van der Waals surface area contributed by atoms with E-state index in [2.05, 4.69) is 20.5 Å². The molecule has 8 nitrogen and oxygen atoms in total. The summed E-state index contributed by atoms with van der Waals surface area (Å²) < 4.78 is 8.81. The second-order valence-corrected chi connectivity index (χ2v) is 7.62. The second kappa shape index (κ2) is 9.20. The number of carbonyl (C=O) groups excluding carboxylic acids is 1. The van der Waals surface area contributed by atoms with Crippen LogP contribution in [0.4, 0.5) is 5.95 Å². The van der Waals surface area contributed by atoms with Crippen molar-refractivity contribution in [3.63, 3.8) is 0 Å². The number of ether oxygens (including phenoxy) is 1. The molecule has 0 spiro atoms. The largest absolute Gasteiger partial charge is 0.471 e. The van der Waals surface area contributed by atoms with Gasteiger partial charge >= 0.3 is 0 Å². The summed E-state index contributed by atoms with van der Waals surface area (Å²) in [7, 11) is 0. The molecular formula is C21H18Cl2N6O2. The summed E-state index contributed by atoms with van der Waals surface area (Å²) in [5, 5.41) is 12.4. The van der Waals surface area contributed by atoms with Crippen LogP contribution in [-0.2, 0) is 13.3 Å². The highest BCUT2D eigenvalue weighted by Gasteiger charge is 2.13. The van der Waals surface area contributed by atoms with Crippen LogP contribution in [0.3, 0.4) is 0 Å². The Hall–Kier alpha value is -3.36. The number of hydrogen-bond acceptors (Lipinski definition) is 5. The van der Waals surface area contributed by atoms with Gasteiger partial charge in [0.2, 0.25) is 5.95 Å². The Bertz CT molecular complexity index is 1220. The quantitative estimate of drug-likeness (QED) is 0.444. The highest BCUT2D eigenvalue weighted by Crippen LogP contribution is 2.21. The van der Waals surface area contributed by atoms with Gasteiger partial charge in [0.25, 0.3) is 5.91 Å². The van der Waals surface area contributed by atoms with Gasteiger partial charge in [0.05, 0.1) is 6.54 Å². The third-order valence-corrected chi connectivity index (χ3v) is 5.02. The molecule has 4 aromatic rings. The molecule has 0 saturated carbocycles. The average Bonchev–Trinajstić information content (AvgIpc) is 3.38. The van der Waals surface area contributed by atoms with Crippen molar-refractivity contribution in [3.8, 4) is 5.75 Å². The maximum atomic E-state index is 12.4. The van der Waals surface area contributed by atoms with E-state index in [4.69, 9.17) is 27.9 Å². The second-order valence-electron chi connectivity index (χ2n) is 6.77. The molecule has 2 aromatic carbocycles. The lowest BCUT2D eigenvalue weighted by Gasteiger charge is -2.07. The minimum Gasteiger partial charge on any atom is -0.471 e. The minimum atomic E-state index is -0.415. The van der Waals surface area contributed by atoms with Crippen LogP contribution in [0.5, 0.6) is 5.75 Å². The molecule has 1 N–H and O–H groups in total. The normalized spacial score (nSPS) is 10.8. The zero-order valence-corrected chi connectivity index (χ0v) is 18.0. The smallest absolute Gasteiger partial charge is 0.278 e. The molecule has 0 aliphatic rings. The van der Waals surface area contributed by atoms with Gasteiger partial charge in [0.1, 0.15) is 12.1 Å². The summed E-state index contributed by atoms with van der Waals surface area (Å²) in [6.07, 6.45) is 3.19. The number of aryl methyl sites for hydroxylation is 1. The van der Waals surface area contributed by atoms with E-state index in [-0.39, 0.29) is 18.4 Å². The number of benzene rings is 2. The number of carbonyl (C=O) groups is 1. The SMILES string of the molecule is Cc1cc(OCn2ccc(C(=O)Nc3ncn(Cc4cccc(Cl)c4)n3)n2)ccc1Cl. The summed E-state index contributed by atoms with van der Waals surface area (Å²) in [6.45, 7) is 2.54. The predicted molar refractivity (Wildman–Crippen MR) is 118 cm³/mol. The van der Waals surface area contributed by atoms with Gasteiger partial charge in [-0.1, -0.05) is 35.3 Å². The van der Waals surface area contributed by atoms with Gasteiger partial charge < -0.3 is 4.74 Å². The first kappa shape index (κ1) is 20.9. The van der Waals surface area contributed by atoms with Crippen molar-refractivity contribution in [2.45, 2.75) is 20.2 Å². The van der Waals surface area contributed by atoms with Crippen LogP contribution >= 0.6 is 23.2 Å². The van der Waals surface area contributed by atoms with Gasteiger partial charge in [0.15, 0.2) is 12.4 Å². The average molecular weight is 457 g/mol. The van der Waals surface area contributed by atoms with Crippen molar-refractivity contribution in [1.82, 2.24) is 24.5 Å². The van der Waals surface area contributed by atoms with Crippen molar-refractivity contribution >= 4 is 35.1 Å². The molecule has 0 radical (unpaired) electrons. The summed E-state index contributed by atoms with van der Waals surface area (Å²) in [4.78, 5) is 16.6. The van der Waals surface area contributed by atoms with E-state index in [9.17, 15) is 4.79 Å². The first-order chi connectivity index (χ1) is 15.0. The maximum Gasteiger partial charge on any atom is 0.278 e. The Balaban J connectivity index is 1.33. The molecule has 0 saturated heterocycles. The van der Waals surface area contributed by atoms with E-state index < -0.39 is 5.91 Å². The van der Waals surface area contributed by atoms with Crippen molar-refractivity contribution < 1.29 is 9.53 Å². The fraction of sp³-hybridized carbons (Fsp3) is 0.143. The molecule has 2 aromatic heterocycles. The highest BCUT2D eigenvalue weighted by molar-refractivity contribution is 6.31. The summed E-state index contributed by atoms with van der Waals surface area (Å²) in [5.74, 6) is 0.439. The number of rotatable bonds is 7. The van der Waals surface area contributed by atoms with Crippen LogP contribution in [0.15, 0.2) is 61.1 Å². The molecule has 0 bridgehead atoms. The predicted octanol–water partition coefficient (Wildman–Crippen LogP) is 4.43. The molecule has 10 heteroatoms. The van der Waals surface area contributed by atoms with Gasteiger partial charge in [-0.05, 0) is 54.4 Å². The van der Waals surface area contributed by atoms with E-state index in [1.165, 1.54) is 11.0 Å². The highest BCUT2D eigenvalue weighted by atomic mass is 35.5. The Morgan fingerprint density at radius 3 is 2.77 bits per heavy atom. The standard InChI is InChI=1S/C21H18Cl2N6O2/c1-14-9-17(5-6-18(14)23)31-13-28-8-7-19(26-28)20(30)25-21-24-12-29(27-21)11-15-3-2-4-16(22)10-15/h2-10,12H,11,13H2,1H3,(H,25,27,30). The first-order valence-corrected chi connectivity index (χ1v) is 10.1. The third kappa shape index (κ3) is 5.42. The third-order valence-electron chi connectivity index (χ3n) is 4.36. The summed E-state index contributed by atoms with van der Waals surface area (Å²) in [5.41, 5.74) is 2.12. The van der Waals surface area contributed by atoms with E-state index in [1.807, 2.05) is 31.2 Å². The van der Waals surface area contributed by atoms with Gasteiger partial charge in [-0.2, -0.15) is 5.10 Å². The van der Waals surface area contributed by atoms with Crippen LogP contribution < -0.4 is 10.1 Å². The molecule has 2 heterocycles. The molecule has 0 fully saturated rings. The molecule has 0 aliphatic carbocycles. The van der Waals surface area contributed by atoms with E-state index in [0.29, 0.717) is 22.3 Å². The Kier molecular flexibility index (Phi) is 6.20. The Morgan fingerprint density at radius 1 is 1.10 bits per heavy atom. The molecule has 158 valence electrons. The number of aromatic nitrogens is 5. The van der Waals surface area contributed by atoms with Crippen molar-refractivity contribution in [2.24, 2.45) is 0 Å². The van der Waals surface area contributed by atoms with E-state index >= 15 is 0 Å². The molecule has 0 atom stereocenters. The lowest BCUT2D eigenvalue weighted by Crippen LogP contribution is -2.15. The number of amides is 1. The maximum absolute atomic E-state index is 12.4. The Morgan fingerprint density at radius 2 is 1.97 bits per heavy atom. The minimum absolute atomic E-state index is 0.154. The van der Waals surface area contributed by atoms with Crippen LogP contribution in [0.2, 0.25) is 10.0 Å². The van der Waals surface area contributed by atoms with Crippen LogP contribution in [-0.4, -0.2) is 30.5 Å². The number of hydrogen-bond donors (Lipinski definition) is 1. The molecule has 4 rings (SSSR count). The molecule has 31 heavy (non-hydrogen) atoms. The van der Waals surface area contributed by atoms with Crippen molar-refractivity contribution in [3.05, 3.63) is 87.9 Å². The van der Waals surface area contributed by atoms with Crippen LogP contribution in [0, 0.1) is 6.92 Å². The first-order valence-electron chi connectivity index (χ1n) is 9.34. The van der Waals surface area contributed by atoms with Gasteiger partial charge in [0, 0.05) is 16.2 Å².